The summed E-state index contributed by atoms with van der Waals surface area (Å²) in [5.74, 6) is 0.294. The van der Waals surface area contributed by atoms with E-state index >= 15 is 0 Å². The molecular weight excluding hydrogens is 334 g/mol. The van der Waals surface area contributed by atoms with Crippen LogP contribution in [0, 0.1) is 17.2 Å². The van der Waals surface area contributed by atoms with Gasteiger partial charge in [-0.25, -0.2) is 8.42 Å². The number of nitrogens with zero attached hydrogens (tertiary/aromatic N) is 3. The lowest BCUT2D eigenvalue weighted by molar-refractivity contribution is -0.136. The number of carbonyl (C=O) groups is 1. The van der Waals surface area contributed by atoms with E-state index < -0.39 is 15.6 Å². The standard InChI is InChI=1S/C15H19N3O3S2/c1-15(2)10-17(14(19)11-3-4-11)7-8-18(15)23(20,21)13-6-5-12(9-16)22-13/h5-6,11H,3-4,7-8,10H2,1-2H3. The van der Waals surface area contributed by atoms with E-state index in [4.69, 9.17) is 5.26 Å². The van der Waals surface area contributed by atoms with Crippen LogP contribution < -0.4 is 0 Å². The number of hydrogen-bond donors (Lipinski definition) is 0. The van der Waals surface area contributed by atoms with Gasteiger partial charge >= 0.3 is 0 Å². The van der Waals surface area contributed by atoms with Crippen LogP contribution >= 0.6 is 11.3 Å². The van der Waals surface area contributed by atoms with Crippen molar-refractivity contribution in [1.29, 1.82) is 5.26 Å². The number of piperazine rings is 1. The molecule has 2 heterocycles. The minimum atomic E-state index is -3.65. The summed E-state index contributed by atoms with van der Waals surface area (Å²) in [6.07, 6.45) is 1.90. The number of carbonyl (C=O) groups excluding carboxylic acids is 1. The first kappa shape index (κ1) is 16.4. The molecule has 0 aromatic carbocycles. The molecule has 6 nitrogen and oxygen atoms in total. The molecular formula is C15H19N3O3S2. The SMILES string of the molecule is CC1(C)CN(C(=O)C2CC2)CCN1S(=O)(=O)c1ccc(C#N)s1. The second-order valence-corrected chi connectivity index (χ2v) is 9.83. The molecule has 0 N–H and O–H groups in total. The Balaban J connectivity index is 1.82. The van der Waals surface area contributed by atoms with Crippen LogP contribution in [0.1, 0.15) is 31.6 Å². The van der Waals surface area contributed by atoms with Crippen molar-refractivity contribution >= 4 is 27.3 Å². The number of hydrogen-bond acceptors (Lipinski definition) is 5. The molecule has 8 heteroatoms. The fourth-order valence-corrected chi connectivity index (χ4v) is 5.97. The third-order valence-electron chi connectivity index (χ3n) is 4.30. The molecule has 1 amide bonds. The molecule has 0 radical (unpaired) electrons. The molecule has 0 atom stereocenters. The molecule has 1 aliphatic carbocycles. The molecule has 23 heavy (non-hydrogen) atoms. The topological polar surface area (TPSA) is 81.5 Å². The van der Waals surface area contributed by atoms with Crippen LogP contribution in [0.5, 0.6) is 0 Å². The smallest absolute Gasteiger partial charge is 0.253 e. The average Bonchev–Trinajstić information content (AvgIpc) is 3.21. The summed E-state index contributed by atoms with van der Waals surface area (Å²) in [5.41, 5.74) is -0.668. The van der Waals surface area contributed by atoms with Crippen LogP contribution in [0.2, 0.25) is 0 Å². The van der Waals surface area contributed by atoms with Gasteiger partial charge in [-0.15, -0.1) is 11.3 Å². The Morgan fingerprint density at radius 2 is 2.04 bits per heavy atom. The second kappa shape index (κ2) is 5.58. The van der Waals surface area contributed by atoms with Crippen LogP contribution in [0.15, 0.2) is 16.3 Å². The molecule has 124 valence electrons. The van der Waals surface area contributed by atoms with Crippen LogP contribution in [0.25, 0.3) is 0 Å². The Morgan fingerprint density at radius 3 is 2.57 bits per heavy atom. The summed E-state index contributed by atoms with van der Waals surface area (Å²) in [7, 11) is -3.65. The van der Waals surface area contributed by atoms with E-state index in [1.165, 1.54) is 16.4 Å². The van der Waals surface area contributed by atoms with Gasteiger partial charge in [0.25, 0.3) is 10.0 Å². The quantitative estimate of drug-likeness (QED) is 0.827. The minimum Gasteiger partial charge on any atom is -0.339 e. The second-order valence-electron chi connectivity index (χ2n) is 6.65. The molecule has 1 aromatic heterocycles. The van der Waals surface area contributed by atoms with Crippen LogP contribution in [-0.4, -0.2) is 48.7 Å². The van der Waals surface area contributed by atoms with E-state index in [1.54, 1.807) is 4.90 Å². The predicted molar refractivity (Wildman–Crippen MR) is 86.3 cm³/mol. The lowest BCUT2D eigenvalue weighted by Gasteiger charge is -2.45. The van der Waals surface area contributed by atoms with Crippen molar-refractivity contribution in [2.24, 2.45) is 5.92 Å². The normalized spacial score (nSPS) is 21.9. The largest absolute Gasteiger partial charge is 0.339 e. The maximum absolute atomic E-state index is 12.9. The first-order valence-electron chi connectivity index (χ1n) is 7.57. The lowest BCUT2D eigenvalue weighted by atomic mass is 10.0. The Labute approximate surface area is 140 Å². The highest BCUT2D eigenvalue weighted by atomic mass is 32.2. The molecule has 2 fully saturated rings. The zero-order chi connectivity index (χ0) is 16.8. The van der Waals surface area contributed by atoms with Gasteiger partial charge in [-0.1, -0.05) is 0 Å². The molecule has 1 saturated heterocycles. The Kier molecular flexibility index (Phi) is 3.99. The van der Waals surface area contributed by atoms with E-state index in [0.29, 0.717) is 18.0 Å². The van der Waals surface area contributed by atoms with Crippen molar-refractivity contribution in [3.05, 3.63) is 17.0 Å². The van der Waals surface area contributed by atoms with Gasteiger partial charge in [-0.2, -0.15) is 9.57 Å². The fourth-order valence-electron chi connectivity index (χ4n) is 2.99. The monoisotopic (exact) mass is 353 g/mol. The zero-order valence-electron chi connectivity index (χ0n) is 13.2. The lowest BCUT2D eigenvalue weighted by Crippen LogP contribution is -2.62. The molecule has 1 aromatic rings. The van der Waals surface area contributed by atoms with Crippen LogP contribution in [-0.2, 0) is 14.8 Å². The number of rotatable bonds is 3. The average molecular weight is 353 g/mol. The van der Waals surface area contributed by atoms with Gasteiger partial charge in [0.05, 0.1) is 0 Å². The van der Waals surface area contributed by atoms with Gasteiger partial charge < -0.3 is 4.90 Å². The number of thiophene rings is 1. The molecule has 0 bridgehead atoms. The molecule has 2 aliphatic rings. The van der Waals surface area contributed by atoms with E-state index in [2.05, 4.69) is 0 Å². The van der Waals surface area contributed by atoms with Gasteiger partial charge in [0.1, 0.15) is 15.2 Å². The summed E-state index contributed by atoms with van der Waals surface area (Å²) in [4.78, 5) is 14.4. The van der Waals surface area contributed by atoms with E-state index in [-0.39, 0.29) is 22.6 Å². The summed E-state index contributed by atoms with van der Waals surface area (Å²) >= 11 is 0.985. The van der Waals surface area contributed by atoms with Crippen molar-refractivity contribution < 1.29 is 13.2 Å². The van der Waals surface area contributed by atoms with Gasteiger partial charge in [0, 0.05) is 31.1 Å². The molecule has 0 unspecified atom stereocenters. The van der Waals surface area contributed by atoms with Crippen molar-refractivity contribution in [3.63, 3.8) is 0 Å². The summed E-state index contributed by atoms with van der Waals surface area (Å²) < 4.78 is 27.4. The number of nitriles is 1. The number of sulfonamides is 1. The van der Waals surface area contributed by atoms with Crippen LogP contribution in [0.4, 0.5) is 0 Å². The first-order chi connectivity index (χ1) is 10.8. The Bertz CT molecular complexity index is 772. The van der Waals surface area contributed by atoms with Crippen molar-refractivity contribution in [3.8, 4) is 6.07 Å². The van der Waals surface area contributed by atoms with Crippen molar-refractivity contribution in [2.75, 3.05) is 19.6 Å². The molecule has 3 rings (SSSR count). The summed E-state index contributed by atoms with van der Waals surface area (Å²) in [5, 5.41) is 8.89. The van der Waals surface area contributed by atoms with E-state index in [1.807, 2.05) is 19.9 Å². The van der Waals surface area contributed by atoms with Gasteiger partial charge in [-0.05, 0) is 38.8 Å². The highest BCUT2D eigenvalue weighted by molar-refractivity contribution is 7.91. The van der Waals surface area contributed by atoms with E-state index in [9.17, 15) is 13.2 Å². The van der Waals surface area contributed by atoms with Gasteiger partial charge in [-0.3, -0.25) is 4.79 Å². The Morgan fingerprint density at radius 1 is 1.35 bits per heavy atom. The first-order valence-corrected chi connectivity index (χ1v) is 9.83. The minimum absolute atomic E-state index is 0.143. The Hall–Kier alpha value is -1.43. The molecule has 1 aliphatic heterocycles. The maximum atomic E-state index is 12.9. The van der Waals surface area contributed by atoms with E-state index in [0.717, 1.165) is 24.2 Å². The summed E-state index contributed by atoms with van der Waals surface area (Å²) in [6, 6.07) is 4.97. The van der Waals surface area contributed by atoms with Gasteiger partial charge in [0.2, 0.25) is 5.91 Å². The third kappa shape index (κ3) is 3.01. The van der Waals surface area contributed by atoms with Crippen molar-refractivity contribution in [2.45, 2.75) is 36.4 Å². The number of amides is 1. The highest BCUT2D eigenvalue weighted by Gasteiger charge is 2.45. The zero-order valence-corrected chi connectivity index (χ0v) is 14.8. The van der Waals surface area contributed by atoms with Crippen molar-refractivity contribution in [1.82, 2.24) is 9.21 Å². The molecule has 0 spiro atoms. The highest BCUT2D eigenvalue weighted by Crippen LogP contribution is 2.35. The fraction of sp³-hybridized carbons (Fsp3) is 0.600. The predicted octanol–water partition coefficient (Wildman–Crippen LogP) is 1.64. The van der Waals surface area contributed by atoms with Gasteiger partial charge in [0.15, 0.2) is 0 Å². The maximum Gasteiger partial charge on any atom is 0.253 e. The van der Waals surface area contributed by atoms with Crippen LogP contribution in [0.3, 0.4) is 0 Å². The molecule has 1 saturated carbocycles. The summed E-state index contributed by atoms with van der Waals surface area (Å²) in [6.45, 7) is 4.80. The third-order valence-corrected chi connectivity index (χ3v) is 7.87.